The summed E-state index contributed by atoms with van der Waals surface area (Å²) in [6.45, 7) is 0. The number of thioether (sulfide) groups is 1. The van der Waals surface area contributed by atoms with E-state index >= 15 is 0 Å². The Balaban J connectivity index is 0.000000817. The second-order valence-electron chi connectivity index (χ2n) is 5.36. The molecule has 0 radical (unpaired) electrons. The molecule has 6 nitrogen and oxygen atoms in total. The van der Waals surface area contributed by atoms with Gasteiger partial charge in [0, 0.05) is 29.2 Å². The molecule has 3 aromatic rings. The van der Waals surface area contributed by atoms with Crippen LogP contribution in [-0.4, -0.2) is 41.1 Å². The minimum absolute atomic E-state index is 0.259. The quantitative estimate of drug-likeness (QED) is 0.397. The summed E-state index contributed by atoms with van der Waals surface area (Å²) in [6.07, 6.45) is 6.18. The Hall–Kier alpha value is -2.48. The molecule has 0 aliphatic carbocycles. The van der Waals surface area contributed by atoms with Gasteiger partial charge in [-0.3, -0.25) is 14.3 Å². The molecule has 8 heteroatoms. The molecule has 0 amide bonds. The van der Waals surface area contributed by atoms with Crippen LogP contribution in [0.2, 0.25) is 5.02 Å². The van der Waals surface area contributed by atoms with Crippen molar-refractivity contribution in [1.82, 2.24) is 19.9 Å². The number of benzene rings is 1. The van der Waals surface area contributed by atoms with E-state index in [1.807, 2.05) is 20.4 Å². The third-order valence-electron chi connectivity index (χ3n) is 3.44. The third-order valence-corrected chi connectivity index (χ3v) is 4.39. The normalized spacial score (nSPS) is 10.1. The van der Waals surface area contributed by atoms with Crippen molar-refractivity contribution >= 4 is 29.6 Å². The molecular formula is C19H20ClN5OS. The zero-order chi connectivity index (χ0) is 19.8. The molecule has 2 N–H and O–H groups in total. The van der Waals surface area contributed by atoms with Crippen molar-refractivity contribution in [3.8, 4) is 17.1 Å². The lowest BCUT2D eigenvalue weighted by atomic mass is 10.2. The lowest BCUT2D eigenvalue weighted by Crippen LogP contribution is -2.26. The van der Waals surface area contributed by atoms with Gasteiger partial charge in [-0.2, -0.15) is 0 Å². The van der Waals surface area contributed by atoms with Crippen molar-refractivity contribution in [3.05, 3.63) is 69.7 Å². The van der Waals surface area contributed by atoms with Crippen LogP contribution in [0.15, 0.2) is 58.6 Å². The standard InChI is InChI=1S/C17H13ClN4OS.C2H7N/c1-24-16-14(10-19)17(23)22(13-4-2-12(18)3-5-13)15(21-16)11-6-8-20-9-7-11;1-3-2/h2-10,19H,1H3;3H,1-2H3. The summed E-state index contributed by atoms with van der Waals surface area (Å²) in [5.41, 5.74) is 1.37. The van der Waals surface area contributed by atoms with Crippen molar-refractivity contribution in [1.29, 1.82) is 5.41 Å². The van der Waals surface area contributed by atoms with E-state index in [1.165, 1.54) is 16.3 Å². The van der Waals surface area contributed by atoms with E-state index in [-0.39, 0.29) is 11.1 Å². The Morgan fingerprint density at radius 2 is 1.74 bits per heavy atom. The molecule has 2 aromatic heterocycles. The molecule has 0 saturated carbocycles. The van der Waals surface area contributed by atoms with Gasteiger partial charge in [-0.05, 0) is 56.7 Å². The van der Waals surface area contributed by atoms with Crippen LogP contribution >= 0.6 is 23.4 Å². The highest BCUT2D eigenvalue weighted by molar-refractivity contribution is 7.98. The van der Waals surface area contributed by atoms with Crippen molar-refractivity contribution in [3.63, 3.8) is 0 Å². The number of hydrogen-bond donors (Lipinski definition) is 2. The Labute approximate surface area is 167 Å². The van der Waals surface area contributed by atoms with Gasteiger partial charge in [0.25, 0.3) is 5.56 Å². The molecule has 0 unspecified atom stereocenters. The summed E-state index contributed by atoms with van der Waals surface area (Å²) in [4.78, 5) is 21.6. The average Bonchev–Trinajstić information content (AvgIpc) is 2.69. The second-order valence-corrected chi connectivity index (χ2v) is 6.59. The molecule has 27 heavy (non-hydrogen) atoms. The van der Waals surface area contributed by atoms with Crippen LogP contribution < -0.4 is 10.9 Å². The highest BCUT2D eigenvalue weighted by atomic mass is 35.5. The van der Waals surface area contributed by atoms with Crippen LogP contribution in [0.1, 0.15) is 5.56 Å². The van der Waals surface area contributed by atoms with Crippen LogP contribution in [0.5, 0.6) is 0 Å². The maximum atomic E-state index is 13.0. The summed E-state index contributed by atoms with van der Waals surface area (Å²) < 4.78 is 1.49. The molecule has 1 aromatic carbocycles. The van der Waals surface area contributed by atoms with Crippen LogP contribution in [0, 0.1) is 5.41 Å². The lowest BCUT2D eigenvalue weighted by Gasteiger charge is -2.15. The van der Waals surface area contributed by atoms with Gasteiger partial charge in [-0.1, -0.05) is 11.6 Å². The SMILES string of the molecule is CNC.CSc1nc(-c2ccncc2)n(-c2ccc(Cl)cc2)c(=O)c1C=N. The van der Waals surface area contributed by atoms with Gasteiger partial charge in [0.2, 0.25) is 0 Å². The number of hydrogen-bond acceptors (Lipinski definition) is 6. The Bertz CT molecular complexity index is 958. The van der Waals surface area contributed by atoms with Gasteiger partial charge in [-0.25, -0.2) is 4.98 Å². The van der Waals surface area contributed by atoms with Gasteiger partial charge in [0.15, 0.2) is 0 Å². The van der Waals surface area contributed by atoms with Crippen LogP contribution in [0.3, 0.4) is 0 Å². The number of pyridine rings is 1. The fourth-order valence-corrected chi connectivity index (χ4v) is 2.99. The van der Waals surface area contributed by atoms with Crippen LogP contribution in [0.4, 0.5) is 0 Å². The molecule has 0 bridgehead atoms. The predicted molar refractivity (Wildman–Crippen MR) is 113 cm³/mol. The minimum Gasteiger partial charge on any atom is -0.323 e. The van der Waals surface area contributed by atoms with Gasteiger partial charge in [0.1, 0.15) is 10.9 Å². The van der Waals surface area contributed by atoms with Crippen molar-refractivity contribution < 1.29 is 0 Å². The van der Waals surface area contributed by atoms with Crippen LogP contribution in [0.25, 0.3) is 17.1 Å². The first-order valence-corrected chi connectivity index (χ1v) is 9.64. The van der Waals surface area contributed by atoms with E-state index in [1.54, 1.807) is 48.8 Å². The van der Waals surface area contributed by atoms with Gasteiger partial charge >= 0.3 is 0 Å². The molecule has 0 aliphatic heterocycles. The van der Waals surface area contributed by atoms with Crippen molar-refractivity contribution in [2.45, 2.75) is 5.03 Å². The monoisotopic (exact) mass is 401 g/mol. The molecule has 0 spiro atoms. The zero-order valence-corrected chi connectivity index (χ0v) is 16.8. The van der Waals surface area contributed by atoms with Crippen molar-refractivity contribution in [2.75, 3.05) is 20.4 Å². The smallest absolute Gasteiger partial charge is 0.268 e. The number of aromatic nitrogens is 3. The minimum atomic E-state index is -0.293. The zero-order valence-electron chi connectivity index (χ0n) is 15.2. The van der Waals surface area contributed by atoms with Gasteiger partial charge in [0.05, 0.1) is 11.3 Å². The van der Waals surface area contributed by atoms with E-state index in [9.17, 15) is 4.79 Å². The summed E-state index contributed by atoms with van der Waals surface area (Å²) >= 11 is 7.29. The highest BCUT2D eigenvalue weighted by Crippen LogP contribution is 2.24. The maximum Gasteiger partial charge on any atom is 0.268 e. The first-order chi connectivity index (χ1) is 13.1. The molecule has 2 heterocycles. The molecule has 0 atom stereocenters. The summed E-state index contributed by atoms with van der Waals surface area (Å²) in [6, 6.07) is 10.5. The van der Waals surface area contributed by atoms with Crippen molar-refractivity contribution in [2.24, 2.45) is 0 Å². The van der Waals surface area contributed by atoms with Gasteiger partial charge in [-0.15, -0.1) is 11.8 Å². The first kappa shape index (κ1) is 20.8. The maximum absolute atomic E-state index is 13.0. The van der Waals surface area contributed by atoms with Crippen LogP contribution in [-0.2, 0) is 0 Å². The molecule has 3 rings (SSSR count). The Morgan fingerprint density at radius 3 is 2.26 bits per heavy atom. The lowest BCUT2D eigenvalue weighted by molar-refractivity contribution is 0.898. The van der Waals surface area contributed by atoms with E-state index in [0.717, 1.165) is 11.8 Å². The molecule has 0 saturated heterocycles. The van der Waals surface area contributed by atoms with Gasteiger partial charge < -0.3 is 10.7 Å². The summed E-state index contributed by atoms with van der Waals surface area (Å²) in [7, 11) is 3.75. The van der Waals surface area contributed by atoms with E-state index in [0.29, 0.717) is 21.6 Å². The summed E-state index contributed by atoms with van der Waals surface area (Å²) in [5, 5.41) is 11.4. The topological polar surface area (TPSA) is 83.7 Å². The average molecular weight is 402 g/mol. The van der Waals surface area contributed by atoms with E-state index in [2.05, 4.69) is 15.3 Å². The Kier molecular flexibility index (Phi) is 7.72. The fourth-order valence-electron chi connectivity index (χ4n) is 2.32. The number of nitrogens with one attached hydrogen (secondary N) is 2. The second kappa shape index (κ2) is 10.0. The predicted octanol–water partition coefficient (Wildman–Crippen LogP) is 3.50. The Morgan fingerprint density at radius 1 is 1.15 bits per heavy atom. The number of rotatable bonds is 4. The molecule has 0 aliphatic rings. The molecule has 0 fully saturated rings. The molecular weight excluding hydrogens is 382 g/mol. The number of nitrogens with zero attached hydrogens (tertiary/aromatic N) is 3. The largest absolute Gasteiger partial charge is 0.323 e. The number of halogens is 1. The highest BCUT2D eigenvalue weighted by Gasteiger charge is 2.17. The molecule has 140 valence electrons. The summed E-state index contributed by atoms with van der Waals surface area (Å²) in [5.74, 6) is 0.500. The first-order valence-electron chi connectivity index (χ1n) is 8.03. The van der Waals surface area contributed by atoms with E-state index in [4.69, 9.17) is 17.0 Å². The third kappa shape index (κ3) is 4.82. The van der Waals surface area contributed by atoms with E-state index < -0.39 is 0 Å². The fraction of sp³-hybridized carbons (Fsp3) is 0.158.